The standard InChI is InChI=1S/C18H22N2S/c1-5-17(6-2-14(1)11-19-16-3-4-16)20(18-7-8-18)12-15-9-10-21-13-15/h1-2,5-6,9-10,13,16,18-19H,3-4,7-8,11-12H2. The average Bonchev–Trinajstić information content (AvgIpc) is 3.44. The van der Waals surface area contributed by atoms with Crippen molar-refractivity contribution in [1.82, 2.24) is 5.32 Å². The minimum Gasteiger partial charge on any atom is -0.364 e. The lowest BCUT2D eigenvalue weighted by Gasteiger charge is -2.24. The maximum atomic E-state index is 3.58. The molecule has 1 N–H and O–H groups in total. The summed E-state index contributed by atoms with van der Waals surface area (Å²) in [5, 5.41) is 8.02. The van der Waals surface area contributed by atoms with Crippen LogP contribution in [0.3, 0.4) is 0 Å². The molecule has 0 bridgehead atoms. The molecule has 0 radical (unpaired) electrons. The van der Waals surface area contributed by atoms with E-state index in [-0.39, 0.29) is 0 Å². The quantitative estimate of drug-likeness (QED) is 0.825. The normalized spacial score (nSPS) is 17.9. The van der Waals surface area contributed by atoms with Gasteiger partial charge in [0.1, 0.15) is 0 Å². The summed E-state index contributed by atoms with van der Waals surface area (Å²) in [6.07, 6.45) is 5.40. The fourth-order valence-corrected chi connectivity index (χ4v) is 3.41. The van der Waals surface area contributed by atoms with Crippen molar-refractivity contribution >= 4 is 17.0 Å². The molecule has 0 amide bonds. The van der Waals surface area contributed by atoms with E-state index in [0.717, 1.165) is 25.2 Å². The number of hydrogen-bond acceptors (Lipinski definition) is 3. The molecule has 21 heavy (non-hydrogen) atoms. The highest BCUT2D eigenvalue weighted by Crippen LogP contribution is 2.33. The summed E-state index contributed by atoms with van der Waals surface area (Å²) in [6.45, 7) is 2.06. The first-order valence-electron chi connectivity index (χ1n) is 7.98. The van der Waals surface area contributed by atoms with E-state index in [9.17, 15) is 0 Å². The van der Waals surface area contributed by atoms with Gasteiger partial charge in [0.15, 0.2) is 0 Å². The Kier molecular flexibility index (Phi) is 3.70. The smallest absolute Gasteiger partial charge is 0.0440 e. The number of nitrogens with one attached hydrogen (secondary N) is 1. The van der Waals surface area contributed by atoms with Crippen molar-refractivity contribution in [3.8, 4) is 0 Å². The highest BCUT2D eigenvalue weighted by atomic mass is 32.1. The van der Waals surface area contributed by atoms with Crippen molar-refractivity contribution in [3.05, 3.63) is 52.2 Å². The van der Waals surface area contributed by atoms with Gasteiger partial charge in [0.25, 0.3) is 0 Å². The van der Waals surface area contributed by atoms with Crippen molar-refractivity contribution in [2.75, 3.05) is 4.90 Å². The van der Waals surface area contributed by atoms with Crippen LogP contribution in [0.4, 0.5) is 5.69 Å². The molecule has 110 valence electrons. The van der Waals surface area contributed by atoms with Crippen LogP contribution in [0.2, 0.25) is 0 Å². The fourth-order valence-electron chi connectivity index (χ4n) is 2.75. The highest BCUT2D eigenvalue weighted by molar-refractivity contribution is 7.07. The van der Waals surface area contributed by atoms with Crippen LogP contribution >= 0.6 is 11.3 Å². The Balaban J connectivity index is 1.44. The van der Waals surface area contributed by atoms with E-state index in [1.165, 1.54) is 42.5 Å². The second-order valence-corrected chi connectivity index (χ2v) is 7.09. The van der Waals surface area contributed by atoms with Gasteiger partial charge in [-0.15, -0.1) is 0 Å². The number of hydrogen-bond donors (Lipinski definition) is 1. The summed E-state index contributed by atoms with van der Waals surface area (Å²) >= 11 is 1.79. The fraction of sp³-hybridized carbons (Fsp3) is 0.444. The third-order valence-electron chi connectivity index (χ3n) is 4.36. The van der Waals surface area contributed by atoms with Crippen LogP contribution in [-0.2, 0) is 13.1 Å². The van der Waals surface area contributed by atoms with Crippen LogP contribution in [0.5, 0.6) is 0 Å². The van der Waals surface area contributed by atoms with E-state index in [4.69, 9.17) is 0 Å². The predicted molar refractivity (Wildman–Crippen MR) is 89.8 cm³/mol. The van der Waals surface area contributed by atoms with E-state index in [1.54, 1.807) is 11.3 Å². The van der Waals surface area contributed by atoms with E-state index in [0.29, 0.717) is 0 Å². The van der Waals surface area contributed by atoms with Crippen LogP contribution in [-0.4, -0.2) is 12.1 Å². The first kappa shape index (κ1) is 13.4. The molecule has 0 spiro atoms. The molecule has 2 nitrogen and oxygen atoms in total. The lowest BCUT2D eigenvalue weighted by Crippen LogP contribution is -2.24. The van der Waals surface area contributed by atoms with Crippen LogP contribution in [0, 0.1) is 0 Å². The Morgan fingerprint density at radius 1 is 1.00 bits per heavy atom. The Morgan fingerprint density at radius 3 is 2.43 bits per heavy atom. The molecule has 0 atom stereocenters. The molecule has 2 fully saturated rings. The van der Waals surface area contributed by atoms with Crippen LogP contribution in [0.15, 0.2) is 41.1 Å². The summed E-state index contributed by atoms with van der Waals surface area (Å²) in [5.41, 5.74) is 4.21. The maximum Gasteiger partial charge on any atom is 0.0440 e. The highest BCUT2D eigenvalue weighted by Gasteiger charge is 2.29. The van der Waals surface area contributed by atoms with E-state index < -0.39 is 0 Å². The second kappa shape index (κ2) is 5.82. The van der Waals surface area contributed by atoms with Gasteiger partial charge in [0.2, 0.25) is 0 Å². The minimum atomic E-state index is 0.750. The maximum absolute atomic E-state index is 3.58. The van der Waals surface area contributed by atoms with Crippen molar-refractivity contribution in [1.29, 1.82) is 0 Å². The number of rotatable bonds is 7. The zero-order valence-electron chi connectivity index (χ0n) is 12.3. The molecule has 2 aromatic rings. The first-order valence-corrected chi connectivity index (χ1v) is 8.93. The van der Waals surface area contributed by atoms with Crippen LogP contribution in [0.25, 0.3) is 0 Å². The van der Waals surface area contributed by atoms with Gasteiger partial charge < -0.3 is 10.2 Å². The topological polar surface area (TPSA) is 15.3 Å². The average molecular weight is 298 g/mol. The monoisotopic (exact) mass is 298 g/mol. The number of benzene rings is 1. The number of nitrogens with zero attached hydrogens (tertiary/aromatic N) is 1. The van der Waals surface area contributed by atoms with Gasteiger partial charge in [-0.2, -0.15) is 11.3 Å². The molecule has 1 aromatic carbocycles. The molecule has 1 aromatic heterocycles. The van der Waals surface area contributed by atoms with Gasteiger partial charge >= 0.3 is 0 Å². The first-order chi connectivity index (χ1) is 10.4. The molecule has 2 aliphatic rings. The second-order valence-electron chi connectivity index (χ2n) is 6.31. The third kappa shape index (κ3) is 3.47. The van der Waals surface area contributed by atoms with Gasteiger partial charge in [-0.1, -0.05) is 12.1 Å². The SMILES string of the molecule is c1cc(CN(c2ccc(CNC3CC3)cc2)C2CC2)cs1. The van der Waals surface area contributed by atoms with Crippen molar-refractivity contribution in [2.24, 2.45) is 0 Å². The van der Waals surface area contributed by atoms with Gasteiger partial charge in [-0.3, -0.25) is 0 Å². The molecule has 0 saturated heterocycles. The summed E-state index contributed by atoms with van der Waals surface area (Å²) in [5.74, 6) is 0. The third-order valence-corrected chi connectivity index (χ3v) is 5.09. The Morgan fingerprint density at radius 2 is 1.81 bits per heavy atom. The molecule has 0 aliphatic heterocycles. The molecule has 0 unspecified atom stereocenters. The van der Waals surface area contributed by atoms with Gasteiger partial charge in [-0.05, 0) is 65.8 Å². The summed E-state index contributed by atoms with van der Waals surface area (Å²) < 4.78 is 0. The predicted octanol–water partition coefficient (Wildman–Crippen LogP) is 4.17. The summed E-state index contributed by atoms with van der Waals surface area (Å²) in [6, 6.07) is 12.9. The van der Waals surface area contributed by atoms with E-state index in [1.807, 2.05) is 0 Å². The van der Waals surface area contributed by atoms with Gasteiger partial charge in [0, 0.05) is 30.9 Å². The summed E-state index contributed by atoms with van der Waals surface area (Å²) in [4.78, 5) is 2.57. The molecule has 2 saturated carbocycles. The van der Waals surface area contributed by atoms with Crippen LogP contribution in [0.1, 0.15) is 36.8 Å². The van der Waals surface area contributed by atoms with Gasteiger partial charge in [0.05, 0.1) is 0 Å². The Hall–Kier alpha value is -1.32. The molecule has 4 rings (SSSR count). The van der Waals surface area contributed by atoms with Gasteiger partial charge in [-0.25, -0.2) is 0 Å². The van der Waals surface area contributed by atoms with E-state index in [2.05, 4.69) is 51.3 Å². The Labute approximate surface area is 130 Å². The zero-order chi connectivity index (χ0) is 14.1. The number of thiophene rings is 1. The molecule has 3 heteroatoms. The number of anilines is 1. The largest absolute Gasteiger partial charge is 0.364 e. The summed E-state index contributed by atoms with van der Waals surface area (Å²) in [7, 11) is 0. The van der Waals surface area contributed by atoms with E-state index >= 15 is 0 Å². The zero-order valence-corrected chi connectivity index (χ0v) is 13.1. The lowest BCUT2D eigenvalue weighted by atomic mass is 10.1. The minimum absolute atomic E-state index is 0.750. The van der Waals surface area contributed by atoms with Crippen molar-refractivity contribution < 1.29 is 0 Å². The molecule has 1 heterocycles. The van der Waals surface area contributed by atoms with Crippen molar-refractivity contribution in [2.45, 2.75) is 50.9 Å². The van der Waals surface area contributed by atoms with Crippen molar-refractivity contribution in [3.63, 3.8) is 0 Å². The lowest BCUT2D eigenvalue weighted by molar-refractivity contribution is 0.687. The van der Waals surface area contributed by atoms with Crippen LogP contribution < -0.4 is 10.2 Å². The Bertz CT molecular complexity index is 568. The molecule has 2 aliphatic carbocycles. The molecular weight excluding hydrogens is 276 g/mol. The molecular formula is C18H22N2S.